The number of amidine groups is 1. The van der Waals surface area contributed by atoms with Gasteiger partial charge in [0.2, 0.25) is 0 Å². The molecule has 2 rings (SSSR count). The van der Waals surface area contributed by atoms with E-state index in [9.17, 15) is 4.39 Å². The average Bonchev–Trinajstić information content (AvgIpc) is 2.32. The predicted octanol–water partition coefficient (Wildman–Crippen LogP) is 2.49. The molecule has 5 heteroatoms. The minimum atomic E-state index is -0.442. The predicted molar refractivity (Wildman–Crippen MR) is 66.4 cm³/mol. The lowest BCUT2D eigenvalue weighted by Crippen LogP contribution is -2.17. The molecular weight excluding hydrogens is 235 g/mol. The van der Waals surface area contributed by atoms with Crippen molar-refractivity contribution in [1.29, 1.82) is 0 Å². The summed E-state index contributed by atoms with van der Waals surface area (Å²) in [6.07, 6.45) is 4.82. The monoisotopic (exact) mass is 252 g/mol. The molecule has 3 N–H and O–H groups in total. The molecule has 0 amide bonds. The van der Waals surface area contributed by atoms with Crippen molar-refractivity contribution in [2.45, 2.75) is 25.7 Å². The van der Waals surface area contributed by atoms with Gasteiger partial charge in [0, 0.05) is 0 Å². The Bertz CT molecular complexity index is 445. The van der Waals surface area contributed by atoms with E-state index in [0.717, 1.165) is 12.3 Å². The van der Waals surface area contributed by atoms with Crippen LogP contribution in [0, 0.1) is 11.7 Å². The molecule has 1 saturated carbocycles. The molecule has 1 aromatic carbocycles. The number of hydrogen-bond donors (Lipinski definition) is 2. The summed E-state index contributed by atoms with van der Waals surface area (Å²) in [6.45, 7) is 0.571. The van der Waals surface area contributed by atoms with E-state index >= 15 is 0 Å². The van der Waals surface area contributed by atoms with Gasteiger partial charge in [0.25, 0.3) is 0 Å². The van der Waals surface area contributed by atoms with Crippen LogP contribution in [0.2, 0.25) is 0 Å². The third-order valence-corrected chi connectivity index (χ3v) is 3.33. The van der Waals surface area contributed by atoms with Gasteiger partial charge in [-0.05, 0) is 30.5 Å². The van der Waals surface area contributed by atoms with Crippen LogP contribution >= 0.6 is 0 Å². The first kappa shape index (κ1) is 12.7. The quantitative estimate of drug-likeness (QED) is 0.366. The Morgan fingerprint density at radius 2 is 2.28 bits per heavy atom. The van der Waals surface area contributed by atoms with Gasteiger partial charge >= 0.3 is 0 Å². The summed E-state index contributed by atoms with van der Waals surface area (Å²) < 4.78 is 18.7. The van der Waals surface area contributed by atoms with E-state index in [1.165, 1.54) is 37.5 Å². The topological polar surface area (TPSA) is 67.8 Å². The van der Waals surface area contributed by atoms with Crippen molar-refractivity contribution in [3.05, 3.63) is 29.6 Å². The lowest BCUT2D eigenvalue weighted by Gasteiger charge is -2.25. The van der Waals surface area contributed by atoms with Gasteiger partial charge in [0.15, 0.2) is 5.84 Å². The maximum atomic E-state index is 13.1. The van der Waals surface area contributed by atoms with Crippen LogP contribution in [0.4, 0.5) is 4.39 Å². The van der Waals surface area contributed by atoms with E-state index in [0.29, 0.717) is 12.4 Å². The molecule has 0 bridgehead atoms. The molecule has 0 heterocycles. The molecule has 18 heavy (non-hydrogen) atoms. The van der Waals surface area contributed by atoms with Crippen LogP contribution in [-0.2, 0) is 0 Å². The Kier molecular flexibility index (Phi) is 4.02. The van der Waals surface area contributed by atoms with Gasteiger partial charge in [-0.15, -0.1) is 0 Å². The lowest BCUT2D eigenvalue weighted by atomic mass is 9.83. The van der Waals surface area contributed by atoms with Crippen molar-refractivity contribution in [3.8, 4) is 5.75 Å². The van der Waals surface area contributed by atoms with Gasteiger partial charge in [0.05, 0.1) is 12.2 Å². The molecule has 1 fully saturated rings. The first-order valence-electron chi connectivity index (χ1n) is 6.11. The molecule has 98 valence electrons. The zero-order valence-electron chi connectivity index (χ0n) is 10.1. The van der Waals surface area contributed by atoms with Crippen LogP contribution in [0.25, 0.3) is 0 Å². The van der Waals surface area contributed by atoms with Crippen molar-refractivity contribution in [3.63, 3.8) is 0 Å². The van der Waals surface area contributed by atoms with Gasteiger partial charge in [-0.3, -0.25) is 0 Å². The van der Waals surface area contributed by atoms with E-state index in [-0.39, 0.29) is 11.4 Å². The minimum absolute atomic E-state index is 0.145. The molecule has 1 aliphatic carbocycles. The average molecular weight is 252 g/mol. The first-order chi connectivity index (χ1) is 8.70. The molecular formula is C13H17FN2O2. The summed E-state index contributed by atoms with van der Waals surface area (Å²) in [5, 5.41) is 11.5. The highest BCUT2D eigenvalue weighted by Gasteiger charge is 2.17. The highest BCUT2D eigenvalue weighted by atomic mass is 19.1. The van der Waals surface area contributed by atoms with E-state index in [1.807, 2.05) is 0 Å². The molecule has 0 unspecified atom stereocenters. The molecule has 0 radical (unpaired) electrons. The maximum absolute atomic E-state index is 13.1. The number of nitrogens with two attached hydrogens (primary N) is 1. The summed E-state index contributed by atoms with van der Waals surface area (Å²) in [5.41, 5.74) is 5.77. The Balaban J connectivity index is 2.01. The van der Waals surface area contributed by atoms with Crippen LogP contribution < -0.4 is 10.5 Å². The zero-order chi connectivity index (χ0) is 13.0. The van der Waals surface area contributed by atoms with Gasteiger partial charge in [-0.2, -0.15) is 0 Å². The summed E-state index contributed by atoms with van der Waals surface area (Å²) in [5.74, 6) is 0.611. The van der Waals surface area contributed by atoms with E-state index in [2.05, 4.69) is 5.16 Å². The highest BCUT2D eigenvalue weighted by Crippen LogP contribution is 2.29. The molecule has 4 nitrogen and oxygen atoms in total. The number of benzene rings is 1. The molecule has 1 aromatic rings. The maximum Gasteiger partial charge on any atom is 0.173 e. The normalized spacial score (nSPS) is 16.4. The zero-order valence-corrected chi connectivity index (χ0v) is 10.1. The highest BCUT2D eigenvalue weighted by molar-refractivity contribution is 5.99. The van der Waals surface area contributed by atoms with Crippen LogP contribution in [0.1, 0.15) is 31.2 Å². The second-order valence-corrected chi connectivity index (χ2v) is 4.56. The van der Waals surface area contributed by atoms with Crippen LogP contribution in [0.3, 0.4) is 0 Å². The summed E-state index contributed by atoms with van der Waals surface area (Å²) >= 11 is 0. The molecule has 1 aliphatic rings. The fourth-order valence-electron chi connectivity index (χ4n) is 2.00. The molecule has 0 spiro atoms. The smallest absolute Gasteiger partial charge is 0.173 e. The summed E-state index contributed by atoms with van der Waals surface area (Å²) in [7, 11) is 0. The first-order valence-corrected chi connectivity index (χ1v) is 6.11. The van der Waals surface area contributed by atoms with Crippen molar-refractivity contribution in [1.82, 2.24) is 0 Å². The number of halogens is 1. The van der Waals surface area contributed by atoms with Gasteiger partial charge in [-0.25, -0.2) is 4.39 Å². The Morgan fingerprint density at radius 1 is 1.50 bits per heavy atom. The largest absolute Gasteiger partial charge is 0.493 e. The minimum Gasteiger partial charge on any atom is -0.493 e. The standard InChI is InChI=1S/C13H17FN2O2/c14-10-4-5-12(11(8-10)13(15)16-17)18-7-6-9-2-1-3-9/h4-5,8-9,17H,1-3,6-7H2,(H2,15,16). The van der Waals surface area contributed by atoms with Crippen molar-refractivity contribution >= 4 is 5.84 Å². The fraction of sp³-hybridized carbons (Fsp3) is 0.462. The summed E-state index contributed by atoms with van der Waals surface area (Å²) in [6, 6.07) is 4.00. The van der Waals surface area contributed by atoms with Gasteiger partial charge in [0.1, 0.15) is 11.6 Å². The van der Waals surface area contributed by atoms with E-state index < -0.39 is 5.82 Å². The van der Waals surface area contributed by atoms with Gasteiger partial charge in [-0.1, -0.05) is 24.4 Å². The molecule has 0 aliphatic heterocycles. The fourth-order valence-corrected chi connectivity index (χ4v) is 2.00. The van der Waals surface area contributed by atoms with Crippen LogP contribution in [-0.4, -0.2) is 17.6 Å². The molecule has 0 atom stereocenters. The second-order valence-electron chi connectivity index (χ2n) is 4.56. The summed E-state index contributed by atoms with van der Waals surface area (Å²) in [4.78, 5) is 0. The van der Waals surface area contributed by atoms with Crippen molar-refractivity contribution < 1.29 is 14.3 Å². The number of hydrogen-bond acceptors (Lipinski definition) is 3. The Labute approximate surface area is 105 Å². The van der Waals surface area contributed by atoms with Crippen LogP contribution in [0.5, 0.6) is 5.75 Å². The van der Waals surface area contributed by atoms with Gasteiger partial charge < -0.3 is 15.7 Å². The third kappa shape index (κ3) is 2.91. The lowest BCUT2D eigenvalue weighted by molar-refractivity contribution is 0.221. The SMILES string of the molecule is N/C(=N/O)c1cc(F)ccc1OCCC1CCC1. The van der Waals surface area contributed by atoms with E-state index in [1.54, 1.807) is 0 Å². The number of nitrogens with zero attached hydrogens (tertiary/aromatic N) is 1. The Hall–Kier alpha value is -1.78. The van der Waals surface area contributed by atoms with Crippen molar-refractivity contribution in [2.75, 3.05) is 6.61 Å². The molecule has 0 saturated heterocycles. The number of ether oxygens (including phenoxy) is 1. The number of oxime groups is 1. The van der Waals surface area contributed by atoms with E-state index in [4.69, 9.17) is 15.7 Å². The number of rotatable bonds is 5. The Morgan fingerprint density at radius 3 is 2.89 bits per heavy atom. The van der Waals surface area contributed by atoms with Crippen LogP contribution in [0.15, 0.2) is 23.4 Å². The third-order valence-electron chi connectivity index (χ3n) is 3.33. The van der Waals surface area contributed by atoms with Crippen molar-refractivity contribution in [2.24, 2.45) is 16.8 Å². The molecule has 0 aromatic heterocycles. The second kappa shape index (κ2) is 5.71.